The van der Waals surface area contributed by atoms with Gasteiger partial charge in [0.05, 0.1) is 6.04 Å². The zero-order valence-corrected chi connectivity index (χ0v) is 22.8. The van der Waals surface area contributed by atoms with E-state index < -0.39 is 0 Å². The van der Waals surface area contributed by atoms with Crippen LogP contribution in [0.4, 0.5) is 0 Å². The molecule has 0 fully saturated rings. The molecule has 0 aliphatic rings. The maximum absolute atomic E-state index is 13.3. The smallest absolute Gasteiger partial charge is 0.252 e. The Kier molecular flexibility index (Phi) is 8.59. The van der Waals surface area contributed by atoms with Crippen LogP contribution in [0.2, 0.25) is 0 Å². The Labute approximate surface area is 221 Å². The number of likely N-dealkylation sites (N-methyl/N-ethyl adjacent to an activating group) is 1. The van der Waals surface area contributed by atoms with E-state index in [9.17, 15) is 4.79 Å². The van der Waals surface area contributed by atoms with Gasteiger partial charge in [0.25, 0.3) is 5.91 Å². The molecule has 7 heteroatoms. The molecule has 4 aromatic rings. The van der Waals surface area contributed by atoms with E-state index in [1.807, 2.05) is 46.1 Å². The van der Waals surface area contributed by atoms with Crippen LogP contribution in [0.25, 0.3) is 20.9 Å². The van der Waals surface area contributed by atoms with Crippen molar-refractivity contribution in [1.29, 1.82) is 0 Å². The van der Waals surface area contributed by atoms with Crippen molar-refractivity contribution in [3.05, 3.63) is 87.6 Å². The number of thiophene rings is 2. The number of nitrogens with two attached hydrogens (primary N) is 1. The van der Waals surface area contributed by atoms with Gasteiger partial charge in [-0.25, -0.2) is 0 Å². The fourth-order valence-electron chi connectivity index (χ4n) is 3.91. The lowest BCUT2D eigenvalue weighted by atomic mass is 9.99. The average Bonchev–Trinajstić information content (AvgIpc) is 3.57. The monoisotopic (exact) mass is 519 g/mol. The number of carbonyl (C=O) groups is 1. The fourth-order valence-corrected chi connectivity index (χ4v) is 5.50. The molecule has 0 saturated carbocycles. The molecule has 0 aliphatic carbocycles. The second-order valence-electron chi connectivity index (χ2n) is 9.11. The summed E-state index contributed by atoms with van der Waals surface area (Å²) in [6.45, 7) is 5.89. The number of nitrogens with zero attached hydrogens (tertiary/aromatic N) is 1. The predicted molar refractivity (Wildman–Crippen MR) is 152 cm³/mol. The fraction of sp³-hybridized carbons (Fsp3) is 0.276. The first-order valence-corrected chi connectivity index (χ1v) is 13.7. The Morgan fingerprint density at radius 3 is 2.50 bits per heavy atom. The number of ether oxygens (including phenoxy) is 1. The molecule has 1 atom stereocenters. The second kappa shape index (κ2) is 11.8. The van der Waals surface area contributed by atoms with Crippen molar-refractivity contribution in [2.75, 3.05) is 27.2 Å². The number of amides is 1. The summed E-state index contributed by atoms with van der Waals surface area (Å²) in [5.41, 5.74) is 10.7. The van der Waals surface area contributed by atoms with Crippen LogP contribution < -0.4 is 15.8 Å². The average molecular weight is 520 g/mol. The van der Waals surface area contributed by atoms with Crippen molar-refractivity contribution in [2.24, 2.45) is 5.73 Å². The highest BCUT2D eigenvalue weighted by molar-refractivity contribution is 7.15. The number of hydrogen-bond donors (Lipinski definition) is 2. The minimum Gasteiger partial charge on any atom is -0.492 e. The number of carbonyl (C=O) groups excluding carboxylic acids is 1. The minimum atomic E-state index is -0.178. The Balaban J connectivity index is 1.58. The molecule has 2 heterocycles. The Bertz CT molecular complexity index is 1310. The molecule has 0 unspecified atom stereocenters. The van der Waals surface area contributed by atoms with Crippen LogP contribution in [0.5, 0.6) is 5.75 Å². The van der Waals surface area contributed by atoms with Crippen molar-refractivity contribution in [2.45, 2.75) is 26.4 Å². The highest BCUT2D eigenvalue weighted by atomic mass is 32.1. The van der Waals surface area contributed by atoms with Crippen molar-refractivity contribution in [3.63, 3.8) is 0 Å². The first kappa shape index (κ1) is 26.1. The van der Waals surface area contributed by atoms with Gasteiger partial charge >= 0.3 is 0 Å². The Morgan fingerprint density at radius 1 is 1.06 bits per heavy atom. The van der Waals surface area contributed by atoms with Crippen molar-refractivity contribution >= 4 is 28.6 Å². The number of hydrogen-bond acceptors (Lipinski definition) is 6. The normalized spacial score (nSPS) is 12.1. The summed E-state index contributed by atoms with van der Waals surface area (Å²) in [6.07, 6.45) is 0. The molecule has 5 nitrogen and oxygen atoms in total. The van der Waals surface area contributed by atoms with Crippen LogP contribution >= 0.6 is 22.7 Å². The molecule has 4 rings (SSSR count). The van der Waals surface area contributed by atoms with E-state index in [0.29, 0.717) is 24.5 Å². The molecule has 2 aromatic heterocycles. The van der Waals surface area contributed by atoms with Gasteiger partial charge in [0.1, 0.15) is 12.4 Å². The minimum absolute atomic E-state index is 0.109. The number of rotatable bonds is 10. The van der Waals surface area contributed by atoms with Gasteiger partial charge < -0.3 is 20.7 Å². The third-order valence-electron chi connectivity index (χ3n) is 6.02. The molecule has 2 aromatic carbocycles. The molecule has 0 bridgehead atoms. The predicted octanol–water partition coefficient (Wildman–Crippen LogP) is 6.34. The zero-order valence-electron chi connectivity index (χ0n) is 21.2. The molecule has 188 valence electrons. The van der Waals surface area contributed by atoms with E-state index in [4.69, 9.17) is 10.5 Å². The SMILES string of the molecule is Cc1ccc(OCCN(C)C)cc1C(=O)N[C@H](C)c1cc(-c2cccs2)cc(-c2ccc(CN)s2)c1. The summed E-state index contributed by atoms with van der Waals surface area (Å²) in [5.74, 6) is 0.596. The van der Waals surface area contributed by atoms with Crippen LogP contribution in [0.3, 0.4) is 0 Å². The zero-order chi connectivity index (χ0) is 25.7. The van der Waals surface area contributed by atoms with Gasteiger partial charge in [0, 0.05) is 33.3 Å². The summed E-state index contributed by atoms with van der Waals surface area (Å²) in [6, 6.07) is 20.5. The van der Waals surface area contributed by atoms with Crippen molar-refractivity contribution < 1.29 is 9.53 Å². The Hall–Kier alpha value is -2.97. The molecule has 36 heavy (non-hydrogen) atoms. The third kappa shape index (κ3) is 6.42. The molecule has 0 aliphatic heterocycles. The van der Waals surface area contributed by atoms with Gasteiger partial charge in [-0.1, -0.05) is 12.1 Å². The molecule has 0 saturated heterocycles. The van der Waals surface area contributed by atoms with Crippen molar-refractivity contribution in [1.82, 2.24) is 10.2 Å². The van der Waals surface area contributed by atoms with Crippen LogP contribution in [0, 0.1) is 6.92 Å². The van der Waals surface area contributed by atoms with Gasteiger partial charge in [0.15, 0.2) is 0 Å². The van der Waals surface area contributed by atoms with E-state index in [2.05, 4.69) is 58.1 Å². The Morgan fingerprint density at radius 2 is 1.83 bits per heavy atom. The largest absolute Gasteiger partial charge is 0.492 e. The van der Waals surface area contributed by atoms with E-state index in [-0.39, 0.29) is 11.9 Å². The third-order valence-corrected chi connectivity index (χ3v) is 8.09. The van der Waals surface area contributed by atoms with E-state index in [0.717, 1.165) is 33.7 Å². The van der Waals surface area contributed by atoms with Gasteiger partial charge in [-0.15, -0.1) is 22.7 Å². The van der Waals surface area contributed by atoms with Crippen LogP contribution in [0.15, 0.2) is 66.0 Å². The lowest BCUT2D eigenvalue weighted by Gasteiger charge is -2.18. The van der Waals surface area contributed by atoms with Crippen LogP contribution in [0.1, 0.15) is 39.3 Å². The summed E-state index contributed by atoms with van der Waals surface area (Å²) < 4.78 is 5.86. The molecule has 3 N–H and O–H groups in total. The van der Waals surface area contributed by atoms with Crippen LogP contribution in [-0.4, -0.2) is 38.1 Å². The van der Waals surface area contributed by atoms with Gasteiger partial charge in [-0.2, -0.15) is 0 Å². The van der Waals surface area contributed by atoms with E-state index in [1.54, 1.807) is 22.7 Å². The quantitative estimate of drug-likeness (QED) is 0.256. The first-order chi connectivity index (χ1) is 17.3. The first-order valence-electron chi connectivity index (χ1n) is 12.0. The van der Waals surface area contributed by atoms with Gasteiger partial charge in [0.2, 0.25) is 0 Å². The lowest BCUT2D eigenvalue weighted by Crippen LogP contribution is -2.27. The van der Waals surface area contributed by atoms with Crippen LogP contribution in [-0.2, 0) is 6.54 Å². The van der Waals surface area contributed by atoms with Gasteiger partial charge in [-0.3, -0.25) is 4.79 Å². The molecular formula is C29H33N3O2S2. The highest BCUT2D eigenvalue weighted by Gasteiger charge is 2.17. The molecular weight excluding hydrogens is 486 g/mol. The summed E-state index contributed by atoms with van der Waals surface area (Å²) in [4.78, 5) is 18.9. The maximum Gasteiger partial charge on any atom is 0.252 e. The summed E-state index contributed by atoms with van der Waals surface area (Å²) in [5, 5.41) is 5.29. The van der Waals surface area contributed by atoms with E-state index >= 15 is 0 Å². The summed E-state index contributed by atoms with van der Waals surface area (Å²) >= 11 is 3.42. The molecule has 0 spiro atoms. The van der Waals surface area contributed by atoms with E-state index in [1.165, 1.54) is 9.75 Å². The number of nitrogens with one attached hydrogen (secondary N) is 1. The topological polar surface area (TPSA) is 67.6 Å². The molecule has 0 radical (unpaired) electrons. The summed E-state index contributed by atoms with van der Waals surface area (Å²) in [7, 11) is 4.01. The lowest BCUT2D eigenvalue weighted by molar-refractivity contribution is 0.0938. The van der Waals surface area contributed by atoms with Gasteiger partial charge in [-0.05, 0) is 104 Å². The second-order valence-corrected chi connectivity index (χ2v) is 11.2. The number of benzene rings is 2. The molecule has 1 amide bonds. The van der Waals surface area contributed by atoms with Crippen molar-refractivity contribution in [3.8, 4) is 26.6 Å². The number of aryl methyl sites for hydroxylation is 1. The maximum atomic E-state index is 13.3. The standard InChI is InChI=1S/C29H33N3O2S2/c1-19-7-8-24(34-12-11-32(3)4)17-26(19)29(33)31-20(2)21-14-22(27-6-5-13-35-27)16-23(15-21)28-10-9-25(18-30)36-28/h5-10,13-17,20H,11-12,18,30H2,1-4H3,(H,31,33)/t20-/m1/s1. The highest BCUT2D eigenvalue weighted by Crippen LogP contribution is 2.35.